The van der Waals surface area contributed by atoms with Gasteiger partial charge in [0.25, 0.3) is 5.91 Å². The molecule has 1 N–H and O–H groups in total. The zero-order valence-corrected chi connectivity index (χ0v) is 12.9. The first-order valence-electron chi connectivity index (χ1n) is 6.99. The van der Waals surface area contributed by atoms with Crippen LogP contribution in [-0.2, 0) is 11.3 Å². The van der Waals surface area contributed by atoms with Crippen LogP contribution in [0.15, 0.2) is 23.7 Å². The van der Waals surface area contributed by atoms with Gasteiger partial charge >= 0.3 is 5.97 Å². The Morgan fingerprint density at radius 2 is 2.27 bits per heavy atom. The lowest BCUT2D eigenvalue weighted by Gasteiger charge is -2.13. The van der Waals surface area contributed by atoms with Crippen LogP contribution in [0.4, 0.5) is 0 Å². The number of hydrogen-bond donors (Lipinski definition) is 1. The van der Waals surface area contributed by atoms with Crippen molar-refractivity contribution in [2.75, 3.05) is 13.1 Å². The van der Waals surface area contributed by atoms with Gasteiger partial charge in [-0.3, -0.25) is 9.59 Å². The van der Waals surface area contributed by atoms with Crippen LogP contribution in [0, 0.1) is 11.8 Å². The number of aliphatic carboxylic acids is 1. The molecule has 2 atom stereocenters. The van der Waals surface area contributed by atoms with Crippen molar-refractivity contribution in [1.82, 2.24) is 19.9 Å². The molecule has 2 aromatic rings. The van der Waals surface area contributed by atoms with Crippen LogP contribution in [0.3, 0.4) is 0 Å². The van der Waals surface area contributed by atoms with Crippen LogP contribution in [0.2, 0.25) is 0 Å². The van der Waals surface area contributed by atoms with Gasteiger partial charge in [-0.2, -0.15) is 0 Å². The summed E-state index contributed by atoms with van der Waals surface area (Å²) in [7, 11) is 0. The van der Waals surface area contributed by atoms with Crippen molar-refractivity contribution in [3.63, 3.8) is 0 Å². The number of amides is 1. The van der Waals surface area contributed by atoms with Crippen molar-refractivity contribution in [3.8, 4) is 0 Å². The number of carboxylic acids is 1. The highest BCUT2D eigenvalue weighted by molar-refractivity contribution is 7.09. The van der Waals surface area contributed by atoms with E-state index in [4.69, 9.17) is 5.11 Å². The summed E-state index contributed by atoms with van der Waals surface area (Å²) in [6.45, 7) is 3.09. The third-order valence-electron chi connectivity index (χ3n) is 3.87. The Morgan fingerprint density at radius 3 is 2.91 bits per heavy atom. The van der Waals surface area contributed by atoms with Gasteiger partial charge in [0, 0.05) is 18.0 Å². The standard InChI is InChI=1S/C14H16N4O3S/c1-9-5-17(7-11(9)14(20)21)13(19)12-8-18(16-15-12)6-10-3-2-4-22-10/h2-4,8-9,11H,5-7H2,1H3,(H,20,21)/t9-,11-/m1/s1. The third-order valence-corrected chi connectivity index (χ3v) is 4.73. The number of likely N-dealkylation sites (tertiary alicyclic amines) is 1. The predicted octanol–water partition coefficient (Wildman–Crippen LogP) is 1.18. The van der Waals surface area contributed by atoms with Gasteiger partial charge in [0.1, 0.15) is 0 Å². The van der Waals surface area contributed by atoms with Crippen molar-refractivity contribution in [1.29, 1.82) is 0 Å². The fourth-order valence-corrected chi connectivity index (χ4v) is 3.35. The van der Waals surface area contributed by atoms with Crippen LogP contribution in [0.5, 0.6) is 0 Å². The van der Waals surface area contributed by atoms with Crippen molar-refractivity contribution >= 4 is 23.2 Å². The molecular formula is C14H16N4O3S. The molecule has 3 rings (SSSR count). The van der Waals surface area contributed by atoms with Crippen LogP contribution in [0.1, 0.15) is 22.3 Å². The molecule has 0 radical (unpaired) electrons. The van der Waals surface area contributed by atoms with E-state index in [2.05, 4.69) is 10.3 Å². The minimum atomic E-state index is -0.857. The first-order chi connectivity index (χ1) is 10.5. The fraction of sp³-hybridized carbons (Fsp3) is 0.429. The van der Waals surface area contributed by atoms with Crippen molar-refractivity contribution in [2.24, 2.45) is 11.8 Å². The first-order valence-corrected chi connectivity index (χ1v) is 7.87. The highest BCUT2D eigenvalue weighted by atomic mass is 32.1. The number of aromatic nitrogens is 3. The number of carbonyl (C=O) groups excluding carboxylic acids is 1. The number of carbonyl (C=O) groups is 2. The Morgan fingerprint density at radius 1 is 1.45 bits per heavy atom. The second-order valence-electron chi connectivity index (χ2n) is 5.51. The molecular weight excluding hydrogens is 304 g/mol. The van der Waals surface area contributed by atoms with E-state index < -0.39 is 11.9 Å². The Hall–Kier alpha value is -2.22. The van der Waals surface area contributed by atoms with Crippen molar-refractivity contribution < 1.29 is 14.7 Å². The second kappa shape index (κ2) is 5.88. The smallest absolute Gasteiger partial charge is 0.308 e. The van der Waals surface area contributed by atoms with Crippen molar-refractivity contribution in [3.05, 3.63) is 34.3 Å². The van der Waals surface area contributed by atoms with Gasteiger partial charge in [-0.25, -0.2) is 4.68 Å². The molecule has 22 heavy (non-hydrogen) atoms. The fourth-order valence-electron chi connectivity index (χ4n) is 2.65. The lowest BCUT2D eigenvalue weighted by Crippen LogP contribution is -2.30. The van der Waals surface area contributed by atoms with Gasteiger partial charge in [0.05, 0.1) is 18.7 Å². The summed E-state index contributed by atoms with van der Waals surface area (Å²) in [5.41, 5.74) is 0.259. The zero-order chi connectivity index (χ0) is 15.7. The third kappa shape index (κ3) is 2.87. The summed E-state index contributed by atoms with van der Waals surface area (Å²) in [4.78, 5) is 26.2. The SMILES string of the molecule is C[C@@H]1CN(C(=O)c2cn(Cc3cccs3)nn2)C[C@H]1C(=O)O. The molecule has 3 heterocycles. The molecule has 7 nitrogen and oxygen atoms in total. The maximum atomic E-state index is 12.4. The summed E-state index contributed by atoms with van der Waals surface area (Å²) < 4.78 is 1.62. The molecule has 0 spiro atoms. The monoisotopic (exact) mass is 320 g/mol. The van der Waals surface area contributed by atoms with Crippen LogP contribution >= 0.6 is 11.3 Å². The molecule has 116 valence electrons. The van der Waals surface area contributed by atoms with E-state index in [0.29, 0.717) is 13.1 Å². The highest BCUT2D eigenvalue weighted by Gasteiger charge is 2.37. The Labute approximate surface area is 131 Å². The van der Waals surface area contributed by atoms with Gasteiger partial charge < -0.3 is 10.0 Å². The lowest BCUT2D eigenvalue weighted by atomic mass is 9.99. The van der Waals surface area contributed by atoms with E-state index in [1.165, 1.54) is 0 Å². The van der Waals surface area contributed by atoms with E-state index in [-0.39, 0.29) is 24.1 Å². The van der Waals surface area contributed by atoms with Gasteiger partial charge in [0.15, 0.2) is 5.69 Å². The normalized spacial score (nSPS) is 21.2. The highest BCUT2D eigenvalue weighted by Crippen LogP contribution is 2.24. The van der Waals surface area contributed by atoms with Crippen LogP contribution < -0.4 is 0 Å². The number of carboxylic acid groups (broad SMARTS) is 1. The number of nitrogens with zero attached hydrogens (tertiary/aromatic N) is 4. The largest absolute Gasteiger partial charge is 0.481 e. The molecule has 1 amide bonds. The zero-order valence-electron chi connectivity index (χ0n) is 12.0. The molecule has 2 aromatic heterocycles. The molecule has 0 aromatic carbocycles. The Bertz CT molecular complexity index is 682. The molecule has 8 heteroatoms. The Kier molecular flexibility index (Phi) is 3.93. The second-order valence-corrected chi connectivity index (χ2v) is 6.55. The number of hydrogen-bond acceptors (Lipinski definition) is 5. The van der Waals surface area contributed by atoms with Gasteiger partial charge in [-0.15, -0.1) is 16.4 Å². The average molecular weight is 320 g/mol. The summed E-state index contributed by atoms with van der Waals surface area (Å²) >= 11 is 1.62. The maximum Gasteiger partial charge on any atom is 0.308 e. The van der Waals surface area contributed by atoms with Gasteiger partial charge in [-0.1, -0.05) is 18.2 Å². The van der Waals surface area contributed by atoms with Gasteiger partial charge in [-0.05, 0) is 17.4 Å². The number of rotatable bonds is 4. The van der Waals surface area contributed by atoms with Gasteiger partial charge in [0.2, 0.25) is 0 Å². The first kappa shape index (κ1) is 14.7. The predicted molar refractivity (Wildman–Crippen MR) is 79.6 cm³/mol. The van der Waals surface area contributed by atoms with E-state index in [9.17, 15) is 9.59 Å². The Balaban J connectivity index is 1.68. The van der Waals surface area contributed by atoms with E-state index in [1.54, 1.807) is 27.1 Å². The average Bonchev–Trinajstić information content (AvgIpc) is 3.19. The molecule has 1 fully saturated rings. The minimum Gasteiger partial charge on any atom is -0.481 e. The van der Waals surface area contributed by atoms with E-state index in [0.717, 1.165) is 4.88 Å². The number of thiophene rings is 1. The molecule has 1 aliphatic rings. The van der Waals surface area contributed by atoms with Crippen LogP contribution in [0.25, 0.3) is 0 Å². The molecule has 0 bridgehead atoms. The summed E-state index contributed by atoms with van der Waals surface area (Å²) in [5.74, 6) is -1.68. The van der Waals surface area contributed by atoms with Crippen molar-refractivity contribution in [2.45, 2.75) is 13.5 Å². The molecule has 0 saturated carbocycles. The maximum absolute atomic E-state index is 12.4. The molecule has 0 aliphatic carbocycles. The summed E-state index contributed by atoms with van der Waals surface area (Å²) in [5, 5.41) is 19.0. The van der Waals surface area contributed by atoms with E-state index >= 15 is 0 Å². The molecule has 0 unspecified atom stereocenters. The lowest BCUT2D eigenvalue weighted by molar-refractivity contribution is -0.142. The molecule has 1 aliphatic heterocycles. The summed E-state index contributed by atoms with van der Waals surface area (Å²) in [6, 6.07) is 3.95. The van der Waals surface area contributed by atoms with Crippen LogP contribution in [-0.4, -0.2) is 50.0 Å². The molecule has 1 saturated heterocycles. The topological polar surface area (TPSA) is 88.3 Å². The van der Waals surface area contributed by atoms with E-state index in [1.807, 2.05) is 24.4 Å². The summed E-state index contributed by atoms with van der Waals surface area (Å²) in [6.07, 6.45) is 1.61. The quantitative estimate of drug-likeness (QED) is 0.914. The minimum absolute atomic E-state index is 0.0531.